The van der Waals surface area contributed by atoms with Gasteiger partial charge in [0.1, 0.15) is 0 Å². The largest absolute Gasteiger partial charge is 0.493 e. The molecule has 0 aliphatic heterocycles. The fourth-order valence-electron chi connectivity index (χ4n) is 2.17. The number of ether oxygens (including phenoxy) is 2. The van der Waals surface area contributed by atoms with Crippen molar-refractivity contribution in [3.8, 4) is 11.5 Å². The van der Waals surface area contributed by atoms with E-state index in [2.05, 4.69) is 26.5 Å². The highest BCUT2D eigenvalue weighted by Gasteiger charge is 2.07. The van der Waals surface area contributed by atoms with Crippen LogP contribution in [0.25, 0.3) is 0 Å². The van der Waals surface area contributed by atoms with Gasteiger partial charge in [-0.2, -0.15) is 5.10 Å². The molecule has 2 aromatic rings. The number of benzene rings is 2. The molecular weight excluding hydrogens is 416 g/mol. The molecule has 0 aromatic heterocycles. The van der Waals surface area contributed by atoms with Gasteiger partial charge in [0.25, 0.3) is 0 Å². The Hall–Kier alpha value is -1.99. The van der Waals surface area contributed by atoms with Crippen molar-refractivity contribution < 1.29 is 14.3 Å². The Bertz CT molecular complexity index is 796. The van der Waals surface area contributed by atoms with Crippen LogP contribution in [0.1, 0.15) is 18.1 Å². The molecule has 0 unspecified atom stereocenters. The first kappa shape index (κ1) is 20.3. The molecule has 7 heteroatoms. The SMILES string of the molecule is COc1ccc(/C(C)=N\NC(=O)CSCc2ccccc2Br)cc1OC. The number of hydrazone groups is 1. The Balaban J connectivity index is 1.88. The van der Waals surface area contributed by atoms with Crippen LogP contribution < -0.4 is 14.9 Å². The van der Waals surface area contributed by atoms with Crippen molar-refractivity contribution in [1.82, 2.24) is 5.43 Å². The molecule has 0 atom stereocenters. The van der Waals surface area contributed by atoms with Gasteiger partial charge in [0, 0.05) is 15.8 Å². The molecule has 26 heavy (non-hydrogen) atoms. The Labute approximate surface area is 166 Å². The number of nitrogens with one attached hydrogen (secondary N) is 1. The zero-order chi connectivity index (χ0) is 18.9. The molecule has 0 aliphatic carbocycles. The number of halogens is 1. The predicted octanol–water partition coefficient (Wildman–Crippen LogP) is 4.24. The molecule has 0 saturated heterocycles. The first-order valence-electron chi connectivity index (χ1n) is 7.91. The number of hydrogen-bond donors (Lipinski definition) is 1. The number of nitrogens with zero attached hydrogens (tertiary/aromatic N) is 1. The third-order valence-corrected chi connectivity index (χ3v) is 5.35. The summed E-state index contributed by atoms with van der Waals surface area (Å²) in [6.45, 7) is 1.83. The molecule has 0 spiro atoms. The molecule has 2 rings (SSSR count). The third kappa shape index (κ3) is 5.78. The highest BCUT2D eigenvalue weighted by Crippen LogP contribution is 2.27. The van der Waals surface area contributed by atoms with Gasteiger partial charge in [-0.1, -0.05) is 34.1 Å². The lowest BCUT2D eigenvalue weighted by atomic mass is 10.1. The van der Waals surface area contributed by atoms with E-state index in [0.717, 1.165) is 21.4 Å². The van der Waals surface area contributed by atoms with Crippen molar-refractivity contribution in [2.24, 2.45) is 5.10 Å². The van der Waals surface area contributed by atoms with Crippen LogP contribution in [0.5, 0.6) is 11.5 Å². The summed E-state index contributed by atoms with van der Waals surface area (Å²) in [5.41, 5.74) is 5.30. The summed E-state index contributed by atoms with van der Waals surface area (Å²) in [6.07, 6.45) is 0. The van der Waals surface area contributed by atoms with Gasteiger partial charge in [-0.15, -0.1) is 11.8 Å². The van der Waals surface area contributed by atoms with Crippen molar-refractivity contribution in [3.05, 3.63) is 58.1 Å². The zero-order valence-electron chi connectivity index (χ0n) is 14.9. The zero-order valence-corrected chi connectivity index (χ0v) is 17.3. The summed E-state index contributed by atoms with van der Waals surface area (Å²) >= 11 is 5.05. The van der Waals surface area contributed by atoms with E-state index in [4.69, 9.17) is 9.47 Å². The van der Waals surface area contributed by atoms with E-state index < -0.39 is 0 Å². The lowest BCUT2D eigenvalue weighted by Crippen LogP contribution is -2.21. The van der Waals surface area contributed by atoms with Crippen LogP contribution in [-0.4, -0.2) is 31.6 Å². The molecule has 0 fully saturated rings. The summed E-state index contributed by atoms with van der Waals surface area (Å²) in [7, 11) is 3.17. The smallest absolute Gasteiger partial charge is 0.250 e. The lowest BCUT2D eigenvalue weighted by Gasteiger charge is -2.09. The average Bonchev–Trinajstić information content (AvgIpc) is 2.67. The number of amides is 1. The fraction of sp³-hybridized carbons (Fsp3) is 0.263. The Morgan fingerprint density at radius 2 is 1.88 bits per heavy atom. The molecule has 2 aromatic carbocycles. The fourth-order valence-corrected chi connectivity index (χ4v) is 3.61. The standard InChI is InChI=1S/C19H21BrN2O3S/c1-13(14-8-9-17(24-2)18(10-14)25-3)21-22-19(23)12-26-11-15-6-4-5-7-16(15)20/h4-10H,11-12H2,1-3H3,(H,22,23)/b21-13-. The molecule has 138 valence electrons. The van der Waals surface area contributed by atoms with Crippen LogP contribution in [0.2, 0.25) is 0 Å². The van der Waals surface area contributed by atoms with E-state index in [1.165, 1.54) is 11.8 Å². The normalized spacial score (nSPS) is 11.2. The van der Waals surface area contributed by atoms with Crippen LogP contribution in [-0.2, 0) is 10.5 Å². The first-order valence-corrected chi connectivity index (χ1v) is 9.86. The van der Waals surface area contributed by atoms with Gasteiger partial charge in [-0.25, -0.2) is 5.43 Å². The minimum atomic E-state index is -0.137. The minimum absolute atomic E-state index is 0.137. The van der Waals surface area contributed by atoms with Crippen molar-refractivity contribution in [2.45, 2.75) is 12.7 Å². The first-order chi connectivity index (χ1) is 12.5. The molecule has 0 heterocycles. The summed E-state index contributed by atoms with van der Waals surface area (Å²) < 4.78 is 11.6. The van der Waals surface area contributed by atoms with Crippen LogP contribution in [0.3, 0.4) is 0 Å². The predicted molar refractivity (Wildman–Crippen MR) is 110 cm³/mol. The van der Waals surface area contributed by atoms with E-state index in [0.29, 0.717) is 23.0 Å². The summed E-state index contributed by atoms with van der Waals surface area (Å²) in [5, 5.41) is 4.17. The topological polar surface area (TPSA) is 59.9 Å². The Kier molecular flexibility index (Phi) is 8.00. The van der Waals surface area contributed by atoms with Gasteiger partial charge in [-0.05, 0) is 36.8 Å². The highest BCUT2D eigenvalue weighted by atomic mass is 79.9. The van der Waals surface area contributed by atoms with Gasteiger partial charge in [0.2, 0.25) is 5.91 Å². The Morgan fingerprint density at radius 3 is 2.58 bits per heavy atom. The number of rotatable bonds is 8. The van der Waals surface area contributed by atoms with Gasteiger partial charge < -0.3 is 9.47 Å². The number of carbonyl (C=O) groups is 1. The van der Waals surface area contributed by atoms with E-state index in [-0.39, 0.29) is 5.91 Å². The molecule has 0 radical (unpaired) electrons. The molecule has 1 amide bonds. The third-order valence-electron chi connectivity index (χ3n) is 3.60. The Morgan fingerprint density at radius 1 is 1.15 bits per heavy atom. The van der Waals surface area contributed by atoms with Gasteiger partial charge >= 0.3 is 0 Å². The van der Waals surface area contributed by atoms with E-state index in [1.54, 1.807) is 14.2 Å². The summed E-state index contributed by atoms with van der Waals surface area (Å²) in [4.78, 5) is 12.0. The number of methoxy groups -OCH3 is 2. The van der Waals surface area contributed by atoms with Crippen LogP contribution in [0.4, 0.5) is 0 Å². The second kappa shape index (κ2) is 10.2. The maximum Gasteiger partial charge on any atom is 0.250 e. The molecule has 5 nitrogen and oxygen atoms in total. The van der Waals surface area contributed by atoms with Gasteiger partial charge in [0.15, 0.2) is 11.5 Å². The molecule has 0 saturated carbocycles. The van der Waals surface area contributed by atoms with Crippen molar-refractivity contribution >= 4 is 39.3 Å². The van der Waals surface area contributed by atoms with Crippen molar-refractivity contribution in [2.75, 3.05) is 20.0 Å². The second-order valence-electron chi connectivity index (χ2n) is 5.39. The average molecular weight is 437 g/mol. The van der Waals surface area contributed by atoms with Crippen LogP contribution in [0.15, 0.2) is 52.0 Å². The maximum atomic E-state index is 12.0. The highest BCUT2D eigenvalue weighted by molar-refractivity contribution is 9.10. The summed E-state index contributed by atoms with van der Waals surface area (Å²) in [5.74, 6) is 2.23. The summed E-state index contributed by atoms with van der Waals surface area (Å²) in [6, 6.07) is 13.5. The molecule has 1 N–H and O–H groups in total. The van der Waals surface area contributed by atoms with Crippen molar-refractivity contribution in [1.29, 1.82) is 0 Å². The maximum absolute atomic E-state index is 12.0. The quantitative estimate of drug-likeness (QED) is 0.496. The monoisotopic (exact) mass is 436 g/mol. The van der Waals surface area contributed by atoms with Crippen LogP contribution in [0, 0.1) is 0 Å². The van der Waals surface area contributed by atoms with E-state index in [1.807, 2.05) is 49.4 Å². The van der Waals surface area contributed by atoms with E-state index in [9.17, 15) is 4.79 Å². The van der Waals surface area contributed by atoms with Crippen LogP contribution >= 0.6 is 27.7 Å². The molecule has 0 aliphatic rings. The van der Waals surface area contributed by atoms with Gasteiger partial charge in [0.05, 0.1) is 25.7 Å². The molecular formula is C19H21BrN2O3S. The van der Waals surface area contributed by atoms with Gasteiger partial charge in [-0.3, -0.25) is 4.79 Å². The number of hydrogen-bond acceptors (Lipinski definition) is 5. The van der Waals surface area contributed by atoms with Crippen molar-refractivity contribution in [3.63, 3.8) is 0 Å². The number of carbonyl (C=O) groups excluding carboxylic acids is 1. The van der Waals surface area contributed by atoms with E-state index >= 15 is 0 Å². The second-order valence-corrected chi connectivity index (χ2v) is 7.23. The lowest BCUT2D eigenvalue weighted by molar-refractivity contribution is -0.118. The minimum Gasteiger partial charge on any atom is -0.493 e. The number of thioether (sulfide) groups is 1. The molecule has 0 bridgehead atoms.